The van der Waals surface area contributed by atoms with Gasteiger partial charge in [-0.25, -0.2) is 5.43 Å². The Morgan fingerprint density at radius 3 is 2.79 bits per heavy atom. The fourth-order valence-corrected chi connectivity index (χ4v) is 4.25. The highest BCUT2D eigenvalue weighted by Crippen LogP contribution is 2.43. The van der Waals surface area contributed by atoms with E-state index in [1.807, 2.05) is 12.1 Å². The number of nitrogens with zero attached hydrogens (tertiary/aromatic N) is 2. The van der Waals surface area contributed by atoms with E-state index < -0.39 is 0 Å². The number of carbonyl (C=O) groups is 1. The van der Waals surface area contributed by atoms with Crippen molar-refractivity contribution in [2.45, 2.75) is 45.6 Å². The van der Waals surface area contributed by atoms with Crippen LogP contribution in [0.5, 0.6) is 5.75 Å². The summed E-state index contributed by atoms with van der Waals surface area (Å²) in [5.74, 6) is 0.711. The van der Waals surface area contributed by atoms with Gasteiger partial charge < -0.3 is 9.64 Å². The summed E-state index contributed by atoms with van der Waals surface area (Å²) in [6, 6.07) is 13.5. The van der Waals surface area contributed by atoms with Gasteiger partial charge in [-0.15, -0.1) is 0 Å². The van der Waals surface area contributed by atoms with Crippen LogP contribution in [-0.4, -0.2) is 31.3 Å². The Balaban J connectivity index is 1.77. The van der Waals surface area contributed by atoms with Gasteiger partial charge in [0.15, 0.2) is 0 Å². The Morgan fingerprint density at radius 2 is 2.07 bits per heavy atom. The lowest BCUT2D eigenvalue weighted by atomic mass is 9.79. The van der Waals surface area contributed by atoms with Gasteiger partial charge in [-0.3, -0.25) is 4.79 Å². The summed E-state index contributed by atoms with van der Waals surface area (Å²) in [4.78, 5) is 14.8. The lowest BCUT2D eigenvalue weighted by molar-refractivity contribution is 0.0952. The first kappa shape index (κ1) is 19.9. The van der Waals surface area contributed by atoms with Gasteiger partial charge in [0.05, 0.1) is 18.9 Å². The summed E-state index contributed by atoms with van der Waals surface area (Å²) in [6.45, 7) is 10.1. The fraction of sp³-hybridized carbons (Fsp3) is 0.391. The molecule has 1 heterocycles. The van der Waals surface area contributed by atoms with E-state index in [1.54, 1.807) is 31.5 Å². The van der Waals surface area contributed by atoms with E-state index in [4.69, 9.17) is 4.74 Å². The molecule has 0 saturated heterocycles. The van der Waals surface area contributed by atoms with Crippen molar-refractivity contribution in [2.75, 3.05) is 18.6 Å². The molecule has 3 rings (SSSR count). The molecular formula is C23H29N3O2. The molecular weight excluding hydrogens is 350 g/mol. The number of hydrogen-bond donors (Lipinski definition) is 1. The van der Waals surface area contributed by atoms with Gasteiger partial charge >= 0.3 is 0 Å². The fourth-order valence-electron chi connectivity index (χ4n) is 4.25. The second-order valence-electron chi connectivity index (χ2n) is 7.88. The number of rotatable bonds is 5. The van der Waals surface area contributed by atoms with Crippen molar-refractivity contribution in [2.24, 2.45) is 5.10 Å². The summed E-state index contributed by atoms with van der Waals surface area (Å²) in [7, 11) is 1.55. The van der Waals surface area contributed by atoms with Crippen LogP contribution in [0.4, 0.5) is 5.69 Å². The number of hydrogen-bond acceptors (Lipinski definition) is 4. The monoisotopic (exact) mass is 379 g/mol. The second kappa shape index (κ2) is 8.05. The van der Waals surface area contributed by atoms with Gasteiger partial charge in [0, 0.05) is 17.8 Å². The third-order valence-electron chi connectivity index (χ3n) is 5.46. The van der Waals surface area contributed by atoms with E-state index in [0.717, 1.165) is 18.5 Å². The summed E-state index contributed by atoms with van der Waals surface area (Å²) in [5, 5.41) is 4.14. The number of fused-ring (bicyclic) bond motifs is 1. The number of benzene rings is 2. The SMILES string of the molecule is CCN1c2ccc(/C=N/NC(=O)c3ccccc3OC)cc2C(C)CC1(C)C. The molecule has 0 spiro atoms. The Bertz CT molecular complexity index is 889. The quantitative estimate of drug-likeness (QED) is 0.611. The van der Waals surface area contributed by atoms with Crippen LogP contribution in [0.25, 0.3) is 0 Å². The van der Waals surface area contributed by atoms with Gasteiger partial charge in [0.2, 0.25) is 0 Å². The topological polar surface area (TPSA) is 53.9 Å². The van der Waals surface area contributed by atoms with Crippen LogP contribution < -0.4 is 15.1 Å². The van der Waals surface area contributed by atoms with Gasteiger partial charge in [-0.2, -0.15) is 5.10 Å². The van der Waals surface area contributed by atoms with E-state index in [0.29, 0.717) is 17.2 Å². The van der Waals surface area contributed by atoms with E-state index in [-0.39, 0.29) is 11.4 Å². The van der Waals surface area contributed by atoms with Crippen molar-refractivity contribution >= 4 is 17.8 Å². The van der Waals surface area contributed by atoms with Crippen molar-refractivity contribution in [1.82, 2.24) is 5.43 Å². The highest BCUT2D eigenvalue weighted by molar-refractivity contribution is 5.97. The van der Waals surface area contributed by atoms with Crippen molar-refractivity contribution in [1.29, 1.82) is 0 Å². The molecule has 1 unspecified atom stereocenters. The number of hydrazone groups is 1. The maximum atomic E-state index is 12.3. The zero-order valence-corrected chi connectivity index (χ0v) is 17.3. The molecule has 0 fully saturated rings. The summed E-state index contributed by atoms with van der Waals surface area (Å²) in [6.07, 6.45) is 2.80. The molecule has 0 aliphatic carbocycles. The molecule has 1 aliphatic rings. The van der Waals surface area contributed by atoms with E-state index in [9.17, 15) is 4.79 Å². The Labute approximate surface area is 167 Å². The van der Waals surface area contributed by atoms with Crippen molar-refractivity contribution < 1.29 is 9.53 Å². The van der Waals surface area contributed by atoms with Gasteiger partial charge in [0.1, 0.15) is 5.75 Å². The first-order valence-electron chi connectivity index (χ1n) is 9.75. The van der Waals surface area contributed by atoms with E-state index in [2.05, 4.69) is 55.3 Å². The van der Waals surface area contributed by atoms with Gasteiger partial charge in [0.25, 0.3) is 5.91 Å². The minimum absolute atomic E-state index is 0.152. The van der Waals surface area contributed by atoms with Crippen LogP contribution in [0.3, 0.4) is 0 Å². The minimum Gasteiger partial charge on any atom is -0.496 e. The van der Waals surface area contributed by atoms with Crippen LogP contribution in [-0.2, 0) is 0 Å². The molecule has 1 N–H and O–H groups in total. The lowest BCUT2D eigenvalue weighted by Gasteiger charge is -2.47. The predicted octanol–water partition coefficient (Wildman–Crippen LogP) is 4.57. The molecule has 0 radical (unpaired) electrons. The predicted molar refractivity (Wildman–Crippen MR) is 115 cm³/mol. The van der Waals surface area contributed by atoms with Crippen LogP contribution in [0, 0.1) is 0 Å². The molecule has 2 aromatic carbocycles. The molecule has 5 heteroatoms. The maximum absolute atomic E-state index is 12.3. The number of methoxy groups -OCH3 is 1. The van der Waals surface area contributed by atoms with Crippen LogP contribution in [0.15, 0.2) is 47.6 Å². The molecule has 28 heavy (non-hydrogen) atoms. The van der Waals surface area contributed by atoms with Gasteiger partial charge in [-0.05, 0) is 68.5 Å². The highest BCUT2D eigenvalue weighted by atomic mass is 16.5. The summed E-state index contributed by atoms with van der Waals surface area (Å²) in [5.41, 5.74) is 6.80. The number of nitrogens with one attached hydrogen (secondary N) is 1. The molecule has 0 saturated carbocycles. The number of carbonyl (C=O) groups excluding carboxylic acids is 1. The number of amides is 1. The number of anilines is 1. The maximum Gasteiger partial charge on any atom is 0.275 e. The zero-order valence-electron chi connectivity index (χ0n) is 17.3. The molecule has 1 atom stereocenters. The largest absolute Gasteiger partial charge is 0.496 e. The molecule has 0 bridgehead atoms. The van der Waals surface area contributed by atoms with Crippen LogP contribution in [0.1, 0.15) is 61.5 Å². The summed E-state index contributed by atoms with van der Waals surface area (Å²) >= 11 is 0. The number of ether oxygens (including phenoxy) is 1. The third kappa shape index (κ3) is 3.88. The molecule has 2 aromatic rings. The molecule has 5 nitrogen and oxygen atoms in total. The van der Waals surface area contributed by atoms with Crippen LogP contribution >= 0.6 is 0 Å². The molecule has 1 amide bonds. The molecule has 1 aliphatic heterocycles. The Hall–Kier alpha value is -2.82. The summed E-state index contributed by atoms with van der Waals surface area (Å²) < 4.78 is 5.23. The van der Waals surface area contributed by atoms with E-state index >= 15 is 0 Å². The minimum atomic E-state index is -0.293. The van der Waals surface area contributed by atoms with Crippen LogP contribution in [0.2, 0.25) is 0 Å². The van der Waals surface area contributed by atoms with E-state index in [1.165, 1.54) is 11.3 Å². The Kier molecular flexibility index (Phi) is 5.73. The normalized spacial score (nSPS) is 18.0. The average molecular weight is 380 g/mol. The first-order chi connectivity index (χ1) is 13.4. The first-order valence-corrected chi connectivity index (χ1v) is 9.75. The standard InChI is InChI=1S/C23H29N3O2/c1-6-26-20-12-11-17(13-19(20)16(2)14-23(26,3)4)15-24-25-22(27)18-9-7-8-10-21(18)28-5/h7-13,15-16H,6,14H2,1-5H3,(H,25,27)/b24-15+. The van der Waals surface area contributed by atoms with Crippen molar-refractivity contribution in [3.8, 4) is 5.75 Å². The lowest BCUT2D eigenvalue weighted by Crippen LogP contribution is -2.48. The second-order valence-corrected chi connectivity index (χ2v) is 7.88. The van der Waals surface area contributed by atoms with Crippen molar-refractivity contribution in [3.63, 3.8) is 0 Å². The molecule has 0 aromatic heterocycles. The van der Waals surface area contributed by atoms with Gasteiger partial charge in [-0.1, -0.05) is 25.1 Å². The molecule has 148 valence electrons. The number of para-hydroxylation sites is 1. The highest BCUT2D eigenvalue weighted by Gasteiger charge is 2.35. The average Bonchev–Trinajstić information content (AvgIpc) is 2.67. The smallest absolute Gasteiger partial charge is 0.275 e. The third-order valence-corrected chi connectivity index (χ3v) is 5.46. The zero-order chi connectivity index (χ0) is 20.3. The Morgan fingerprint density at radius 1 is 1.32 bits per heavy atom. The van der Waals surface area contributed by atoms with Crippen molar-refractivity contribution in [3.05, 3.63) is 59.2 Å².